The van der Waals surface area contributed by atoms with Crippen LogP contribution in [-0.2, 0) is 10.6 Å². The van der Waals surface area contributed by atoms with Gasteiger partial charge >= 0.3 is 5.97 Å². The summed E-state index contributed by atoms with van der Waals surface area (Å²) in [5.41, 5.74) is 0.906. The zero-order valence-corrected chi connectivity index (χ0v) is 7.84. The molecule has 1 aromatic rings. The molecule has 0 atom stereocenters. The highest BCUT2D eigenvalue weighted by molar-refractivity contribution is 6.17. The van der Waals surface area contributed by atoms with Crippen molar-refractivity contribution in [2.45, 2.75) is 5.88 Å². The highest BCUT2D eigenvalue weighted by Gasteiger charge is 2.10. The normalized spacial score (nSPS) is 9.69. The number of phenols is 1. The Labute approximate surface area is 80.9 Å². The van der Waals surface area contributed by atoms with Crippen molar-refractivity contribution >= 4 is 17.6 Å². The summed E-state index contributed by atoms with van der Waals surface area (Å²) in [6.45, 7) is 0. The summed E-state index contributed by atoms with van der Waals surface area (Å²) in [6.07, 6.45) is 0. The molecule has 0 unspecified atom stereocenters. The highest BCUT2D eigenvalue weighted by atomic mass is 35.5. The number of halogens is 1. The number of aromatic hydroxyl groups is 1. The minimum Gasteiger partial charge on any atom is -0.507 e. The Morgan fingerprint density at radius 1 is 1.62 bits per heavy atom. The number of esters is 1. The topological polar surface area (TPSA) is 46.5 Å². The van der Waals surface area contributed by atoms with E-state index in [2.05, 4.69) is 4.74 Å². The molecule has 1 N–H and O–H groups in total. The van der Waals surface area contributed by atoms with Gasteiger partial charge in [-0.3, -0.25) is 0 Å². The largest absolute Gasteiger partial charge is 0.507 e. The van der Waals surface area contributed by atoms with E-state index in [0.717, 1.165) is 5.56 Å². The predicted molar refractivity (Wildman–Crippen MR) is 49.0 cm³/mol. The lowest BCUT2D eigenvalue weighted by Gasteiger charge is -2.03. The third kappa shape index (κ3) is 2.12. The Morgan fingerprint density at radius 3 is 2.77 bits per heavy atom. The van der Waals surface area contributed by atoms with Crippen molar-refractivity contribution in [1.29, 1.82) is 0 Å². The molecule has 0 heterocycles. The molecular weight excluding hydrogens is 192 g/mol. The quantitative estimate of drug-likeness (QED) is 0.586. The minimum atomic E-state index is -0.557. The number of hydrogen-bond donors (Lipinski definition) is 1. The van der Waals surface area contributed by atoms with Gasteiger partial charge in [0.05, 0.1) is 7.11 Å². The van der Waals surface area contributed by atoms with E-state index in [9.17, 15) is 9.90 Å². The van der Waals surface area contributed by atoms with E-state index in [4.69, 9.17) is 11.6 Å². The fraction of sp³-hybridized carbons (Fsp3) is 0.222. The van der Waals surface area contributed by atoms with Crippen molar-refractivity contribution in [2.75, 3.05) is 7.11 Å². The number of rotatable bonds is 2. The molecule has 13 heavy (non-hydrogen) atoms. The fourth-order valence-electron chi connectivity index (χ4n) is 0.943. The smallest absolute Gasteiger partial charge is 0.341 e. The maximum atomic E-state index is 11.0. The van der Waals surface area contributed by atoms with E-state index in [1.165, 1.54) is 19.2 Å². The molecule has 0 fully saturated rings. The van der Waals surface area contributed by atoms with Gasteiger partial charge in [-0.2, -0.15) is 0 Å². The summed E-state index contributed by atoms with van der Waals surface area (Å²) in [7, 11) is 1.26. The Morgan fingerprint density at radius 2 is 2.31 bits per heavy atom. The van der Waals surface area contributed by atoms with Gasteiger partial charge in [-0.05, 0) is 17.7 Å². The van der Waals surface area contributed by atoms with Crippen LogP contribution in [0.1, 0.15) is 15.9 Å². The van der Waals surface area contributed by atoms with E-state index in [1.807, 2.05) is 0 Å². The molecule has 0 bridgehead atoms. The van der Waals surface area contributed by atoms with Gasteiger partial charge in [0.2, 0.25) is 0 Å². The van der Waals surface area contributed by atoms with Crippen molar-refractivity contribution in [3.8, 4) is 5.75 Å². The number of hydrogen-bond acceptors (Lipinski definition) is 3. The van der Waals surface area contributed by atoms with E-state index in [1.54, 1.807) is 6.07 Å². The van der Waals surface area contributed by atoms with Crippen molar-refractivity contribution in [3.63, 3.8) is 0 Å². The van der Waals surface area contributed by atoms with Gasteiger partial charge in [-0.1, -0.05) is 6.07 Å². The fourth-order valence-corrected chi connectivity index (χ4v) is 1.11. The maximum Gasteiger partial charge on any atom is 0.341 e. The molecule has 70 valence electrons. The van der Waals surface area contributed by atoms with Gasteiger partial charge < -0.3 is 9.84 Å². The van der Waals surface area contributed by atoms with Crippen LogP contribution >= 0.6 is 11.6 Å². The summed E-state index contributed by atoms with van der Waals surface area (Å²) in [5, 5.41) is 9.36. The van der Waals surface area contributed by atoms with Crippen molar-refractivity contribution in [2.24, 2.45) is 0 Å². The van der Waals surface area contributed by atoms with E-state index in [-0.39, 0.29) is 11.3 Å². The lowest BCUT2D eigenvalue weighted by atomic mass is 10.1. The van der Waals surface area contributed by atoms with Crippen molar-refractivity contribution in [1.82, 2.24) is 0 Å². The lowest BCUT2D eigenvalue weighted by molar-refractivity contribution is 0.0597. The van der Waals surface area contributed by atoms with Crippen molar-refractivity contribution in [3.05, 3.63) is 29.3 Å². The Bertz CT molecular complexity index is 323. The number of alkyl halides is 1. The van der Waals surface area contributed by atoms with Gasteiger partial charge in [-0.25, -0.2) is 4.79 Å². The first-order valence-electron chi connectivity index (χ1n) is 3.65. The maximum absolute atomic E-state index is 11.0. The number of carbonyl (C=O) groups excluding carboxylic acids is 1. The molecule has 1 aromatic carbocycles. The molecular formula is C9H9ClO3. The molecule has 0 aliphatic carbocycles. The lowest BCUT2D eigenvalue weighted by Crippen LogP contribution is -2.01. The van der Waals surface area contributed by atoms with Gasteiger partial charge in [-0.15, -0.1) is 11.6 Å². The molecule has 1 rings (SSSR count). The minimum absolute atomic E-state index is 0.106. The Hall–Kier alpha value is -1.22. The second kappa shape index (κ2) is 4.14. The molecule has 0 aliphatic rings. The van der Waals surface area contributed by atoms with Gasteiger partial charge in [0.1, 0.15) is 11.3 Å². The third-order valence-corrected chi connectivity index (χ3v) is 1.93. The standard InChI is InChI=1S/C9H9ClO3/c1-13-9(12)7-3-2-6(5-10)4-8(7)11/h2-4,11H,5H2,1H3. The zero-order chi connectivity index (χ0) is 9.84. The number of carbonyl (C=O) groups is 1. The monoisotopic (exact) mass is 200 g/mol. The molecule has 4 heteroatoms. The second-order valence-electron chi connectivity index (χ2n) is 2.48. The molecule has 0 saturated heterocycles. The summed E-state index contributed by atoms with van der Waals surface area (Å²) in [6, 6.07) is 4.59. The van der Waals surface area contributed by atoms with Crippen LogP contribution in [-0.4, -0.2) is 18.2 Å². The zero-order valence-electron chi connectivity index (χ0n) is 7.08. The Balaban J connectivity index is 3.05. The first kappa shape index (κ1) is 9.86. The molecule has 0 spiro atoms. The molecule has 0 radical (unpaired) electrons. The van der Waals surface area contributed by atoms with Gasteiger partial charge in [0, 0.05) is 5.88 Å². The predicted octanol–water partition coefficient (Wildman–Crippen LogP) is 1.92. The number of methoxy groups -OCH3 is 1. The average molecular weight is 201 g/mol. The SMILES string of the molecule is COC(=O)c1ccc(CCl)cc1O. The van der Waals surface area contributed by atoms with Crippen LogP contribution in [0.2, 0.25) is 0 Å². The van der Waals surface area contributed by atoms with Crippen LogP contribution in [0.25, 0.3) is 0 Å². The average Bonchev–Trinajstić information content (AvgIpc) is 2.16. The number of benzene rings is 1. The van der Waals surface area contributed by atoms with Crippen LogP contribution < -0.4 is 0 Å². The van der Waals surface area contributed by atoms with Crippen LogP contribution in [0.15, 0.2) is 18.2 Å². The van der Waals surface area contributed by atoms with Gasteiger partial charge in [0.15, 0.2) is 0 Å². The summed E-state index contributed by atoms with van der Waals surface area (Å²) >= 11 is 5.54. The highest BCUT2D eigenvalue weighted by Crippen LogP contribution is 2.20. The second-order valence-corrected chi connectivity index (χ2v) is 2.74. The van der Waals surface area contributed by atoms with Crippen molar-refractivity contribution < 1.29 is 14.6 Å². The molecule has 0 aromatic heterocycles. The van der Waals surface area contributed by atoms with Crippen LogP contribution in [0, 0.1) is 0 Å². The van der Waals surface area contributed by atoms with Gasteiger partial charge in [0.25, 0.3) is 0 Å². The first-order valence-corrected chi connectivity index (χ1v) is 4.18. The molecule has 0 saturated carbocycles. The Kier molecular flexibility index (Phi) is 3.14. The van der Waals surface area contributed by atoms with E-state index in [0.29, 0.717) is 5.88 Å². The summed E-state index contributed by atoms with van der Waals surface area (Å²) in [5.74, 6) is -0.363. The van der Waals surface area contributed by atoms with Crippen LogP contribution in [0.5, 0.6) is 5.75 Å². The van der Waals surface area contributed by atoms with Crippen LogP contribution in [0.4, 0.5) is 0 Å². The number of phenolic OH excluding ortho intramolecular Hbond substituents is 1. The molecule has 3 nitrogen and oxygen atoms in total. The van der Waals surface area contributed by atoms with E-state index < -0.39 is 5.97 Å². The third-order valence-electron chi connectivity index (χ3n) is 1.62. The molecule has 0 amide bonds. The van der Waals surface area contributed by atoms with Crippen LogP contribution in [0.3, 0.4) is 0 Å². The molecule has 0 aliphatic heterocycles. The van der Waals surface area contributed by atoms with E-state index >= 15 is 0 Å². The summed E-state index contributed by atoms with van der Waals surface area (Å²) < 4.78 is 4.46. The summed E-state index contributed by atoms with van der Waals surface area (Å²) in [4.78, 5) is 11.0. The number of ether oxygens (including phenoxy) is 1. The first-order chi connectivity index (χ1) is 6.19.